The van der Waals surface area contributed by atoms with Crippen LogP contribution in [0.2, 0.25) is 10.0 Å². The van der Waals surface area contributed by atoms with Crippen LogP contribution in [0.5, 0.6) is 11.5 Å². The number of hydrogen-bond acceptors (Lipinski definition) is 2. The van der Waals surface area contributed by atoms with Crippen LogP contribution in [-0.4, -0.2) is 11.1 Å². The van der Waals surface area contributed by atoms with Gasteiger partial charge < -0.3 is 9.84 Å². The zero-order valence-corrected chi connectivity index (χ0v) is 11.5. The molecule has 19 heavy (non-hydrogen) atoms. The minimum absolute atomic E-state index is 0.0941. The summed E-state index contributed by atoms with van der Waals surface area (Å²) < 4.78 is 5.56. The van der Waals surface area contributed by atoms with E-state index < -0.39 is 5.97 Å². The summed E-state index contributed by atoms with van der Waals surface area (Å²) >= 11 is 11.7. The normalized spacial score (nSPS) is 10.3. The van der Waals surface area contributed by atoms with Gasteiger partial charge in [0.2, 0.25) is 0 Å². The van der Waals surface area contributed by atoms with E-state index in [0.717, 1.165) is 5.56 Å². The van der Waals surface area contributed by atoms with Gasteiger partial charge in [0.25, 0.3) is 0 Å². The minimum atomic E-state index is -1.05. The molecule has 0 spiro atoms. The number of carboxylic acids is 1. The van der Waals surface area contributed by atoms with Crippen molar-refractivity contribution in [2.24, 2.45) is 0 Å². The van der Waals surface area contributed by atoms with Gasteiger partial charge in [-0.3, -0.25) is 0 Å². The van der Waals surface area contributed by atoms with E-state index >= 15 is 0 Å². The van der Waals surface area contributed by atoms with E-state index in [0.29, 0.717) is 15.8 Å². The molecule has 0 bridgehead atoms. The summed E-state index contributed by atoms with van der Waals surface area (Å²) in [5, 5.41) is 9.87. The van der Waals surface area contributed by atoms with E-state index in [1.807, 2.05) is 6.92 Å². The SMILES string of the molecule is Cc1ccc(C(=O)O)c(Oc2ccc(Cl)c(Cl)c2)c1. The minimum Gasteiger partial charge on any atom is -0.478 e. The summed E-state index contributed by atoms with van der Waals surface area (Å²) in [4.78, 5) is 11.1. The summed E-state index contributed by atoms with van der Waals surface area (Å²) in [6, 6.07) is 9.64. The molecule has 0 amide bonds. The number of aryl methyl sites for hydroxylation is 1. The van der Waals surface area contributed by atoms with Gasteiger partial charge in [0.05, 0.1) is 10.0 Å². The summed E-state index contributed by atoms with van der Waals surface area (Å²) in [6.07, 6.45) is 0. The highest BCUT2D eigenvalue weighted by molar-refractivity contribution is 6.42. The number of benzene rings is 2. The van der Waals surface area contributed by atoms with E-state index in [9.17, 15) is 4.79 Å². The molecule has 0 radical (unpaired) electrons. The van der Waals surface area contributed by atoms with Crippen molar-refractivity contribution in [2.45, 2.75) is 6.92 Å². The Kier molecular flexibility index (Phi) is 3.98. The molecule has 0 saturated heterocycles. The number of carbonyl (C=O) groups is 1. The van der Waals surface area contributed by atoms with Crippen molar-refractivity contribution < 1.29 is 14.6 Å². The lowest BCUT2D eigenvalue weighted by Gasteiger charge is -2.10. The first-order valence-corrected chi connectivity index (χ1v) is 6.20. The molecule has 0 aliphatic heterocycles. The van der Waals surface area contributed by atoms with Gasteiger partial charge in [0.15, 0.2) is 0 Å². The lowest BCUT2D eigenvalue weighted by molar-refractivity contribution is 0.0694. The quantitative estimate of drug-likeness (QED) is 0.885. The summed E-state index contributed by atoms with van der Waals surface area (Å²) in [5.74, 6) is -0.344. The number of hydrogen-bond donors (Lipinski definition) is 1. The molecule has 5 heteroatoms. The van der Waals surface area contributed by atoms with Crippen LogP contribution in [0, 0.1) is 6.92 Å². The van der Waals surface area contributed by atoms with Crippen LogP contribution in [0.4, 0.5) is 0 Å². The average Bonchev–Trinajstić information content (AvgIpc) is 2.33. The first-order chi connectivity index (χ1) is 8.97. The Labute approximate surface area is 120 Å². The standard InChI is InChI=1S/C14H10Cl2O3/c1-8-2-4-10(14(17)18)13(6-8)19-9-3-5-11(15)12(16)7-9/h2-7H,1H3,(H,17,18). The van der Waals surface area contributed by atoms with Crippen LogP contribution in [0.3, 0.4) is 0 Å². The van der Waals surface area contributed by atoms with E-state index in [2.05, 4.69) is 0 Å². The monoisotopic (exact) mass is 296 g/mol. The van der Waals surface area contributed by atoms with Gasteiger partial charge in [0.1, 0.15) is 17.1 Å². The Bertz CT molecular complexity index is 639. The number of aromatic carboxylic acids is 1. The molecule has 3 nitrogen and oxygen atoms in total. The predicted octanol–water partition coefficient (Wildman–Crippen LogP) is 4.79. The number of halogens is 2. The smallest absolute Gasteiger partial charge is 0.339 e. The second kappa shape index (κ2) is 5.51. The third-order valence-electron chi connectivity index (χ3n) is 2.49. The molecule has 2 rings (SSSR count). The Morgan fingerprint density at radius 2 is 1.84 bits per heavy atom. The third-order valence-corrected chi connectivity index (χ3v) is 3.23. The molecular weight excluding hydrogens is 287 g/mol. The number of rotatable bonds is 3. The van der Waals surface area contributed by atoms with Crippen molar-refractivity contribution in [2.75, 3.05) is 0 Å². The van der Waals surface area contributed by atoms with Gasteiger partial charge in [-0.2, -0.15) is 0 Å². The van der Waals surface area contributed by atoms with Crippen molar-refractivity contribution in [3.8, 4) is 11.5 Å². The molecule has 2 aromatic rings. The third kappa shape index (κ3) is 3.19. The van der Waals surface area contributed by atoms with Gasteiger partial charge in [0, 0.05) is 6.07 Å². The second-order valence-corrected chi connectivity index (χ2v) is 4.80. The molecular formula is C14H10Cl2O3. The van der Waals surface area contributed by atoms with Crippen molar-refractivity contribution in [1.82, 2.24) is 0 Å². The molecule has 2 aromatic carbocycles. The van der Waals surface area contributed by atoms with Gasteiger partial charge in [-0.05, 0) is 36.8 Å². The van der Waals surface area contributed by atoms with Crippen LogP contribution in [0.25, 0.3) is 0 Å². The Balaban J connectivity index is 2.39. The van der Waals surface area contributed by atoms with Crippen molar-refractivity contribution >= 4 is 29.2 Å². The van der Waals surface area contributed by atoms with Gasteiger partial charge in [-0.1, -0.05) is 29.3 Å². The van der Waals surface area contributed by atoms with E-state index in [1.165, 1.54) is 12.1 Å². The summed E-state index contributed by atoms with van der Waals surface area (Å²) in [7, 11) is 0. The first-order valence-electron chi connectivity index (χ1n) is 5.44. The highest BCUT2D eigenvalue weighted by Crippen LogP contribution is 2.31. The Hall–Kier alpha value is -1.71. The molecule has 0 aromatic heterocycles. The topological polar surface area (TPSA) is 46.5 Å². The summed E-state index contributed by atoms with van der Waals surface area (Å²) in [5.41, 5.74) is 0.997. The van der Waals surface area contributed by atoms with Crippen LogP contribution in [0.1, 0.15) is 15.9 Å². The Morgan fingerprint density at radius 3 is 2.47 bits per heavy atom. The van der Waals surface area contributed by atoms with Crippen molar-refractivity contribution in [3.05, 3.63) is 57.6 Å². The fraction of sp³-hybridized carbons (Fsp3) is 0.0714. The zero-order valence-electron chi connectivity index (χ0n) is 9.98. The molecule has 0 saturated carbocycles. The van der Waals surface area contributed by atoms with Crippen LogP contribution in [-0.2, 0) is 0 Å². The van der Waals surface area contributed by atoms with Crippen LogP contribution >= 0.6 is 23.2 Å². The Morgan fingerprint density at radius 1 is 1.11 bits per heavy atom. The molecule has 1 N–H and O–H groups in total. The number of ether oxygens (including phenoxy) is 1. The molecule has 0 aliphatic rings. The molecule has 0 fully saturated rings. The van der Waals surface area contributed by atoms with Gasteiger partial charge in [-0.25, -0.2) is 4.79 Å². The van der Waals surface area contributed by atoms with Crippen molar-refractivity contribution in [1.29, 1.82) is 0 Å². The molecule has 0 unspecified atom stereocenters. The fourth-order valence-electron chi connectivity index (χ4n) is 1.56. The molecule has 0 heterocycles. The highest BCUT2D eigenvalue weighted by Gasteiger charge is 2.12. The lowest BCUT2D eigenvalue weighted by atomic mass is 10.1. The van der Waals surface area contributed by atoms with Crippen LogP contribution in [0.15, 0.2) is 36.4 Å². The first kappa shape index (κ1) is 13.7. The van der Waals surface area contributed by atoms with Gasteiger partial charge in [-0.15, -0.1) is 0 Å². The van der Waals surface area contributed by atoms with E-state index in [-0.39, 0.29) is 11.3 Å². The van der Waals surface area contributed by atoms with Crippen molar-refractivity contribution in [3.63, 3.8) is 0 Å². The predicted molar refractivity (Wildman–Crippen MR) is 74.7 cm³/mol. The average molecular weight is 297 g/mol. The maximum absolute atomic E-state index is 11.1. The molecule has 0 atom stereocenters. The molecule has 98 valence electrons. The lowest BCUT2D eigenvalue weighted by Crippen LogP contribution is -2.00. The largest absolute Gasteiger partial charge is 0.478 e. The summed E-state index contributed by atoms with van der Waals surface area (Å²) in [6.45, 7) is 1.85. The van der Waals surface area contributed by atoms with E-state index in [4.69, 9.17) is 33.0 Å². The van der Waals surface area contributed by atoms with Gasteiger partial charge >= 0.3 is 5.97 Å². The highest BCUT2D eigenvalue weighted by atomic mass is 35.5. The van der Waals surface area contributed by atoms with Crippen LogP contribution < -0.4 is 4.74 Å². The molecule has 0 aliphatic carbocycles. The second-order valence-electron chi connectivity index (χ2n) is 3.98. The maximum Gasteiger partial charge on any atom is 0.339 e. The van der Waals surface area contributed by atoms with E-state index in [1.54, 1.807) is 24.3 Å². The maximum atomic E-state index is 11.1. The zero-order chi connectivity index (χ0) is 14.0. The number of carboxylic acid groups (broad SMARTS) is 1. The fourth-order valence-corrected chi connectivity index (χ4v) is 1.85.